The van der Waals surface area contributed by atoms with Gasteiger partial charge in [-0.25, -0.2) is 4.98 Å². The summed E-state index contributed by atoms with van der Waals surface area (Å²) in [5, 5.41) is 17.7. The van der Waals surface area contributed by atoms with Gasteiger partial charge < -0.3 is 42.4 Å². The van der Waals surface area contributed by atoms with Crippen LogP contribution in [0, 0.1) is 42.9 Å². The molecule has 0 aliphatic heterocycles. The van der Waals surface area contributed by atoms with Gasteiger partial charge in [0.1, 0.15) is 17.3 Å². The molecule has 7 rings (SSSR count). The Labute approximate surface area is 288 Å². The van der Waals surface area contributed by atoms with Gasteiger partial charge in [0.05, 0.1) is 5.92 Å². The van der Waals surface area contributed by atoms with Crippen molar-refractivity contribution >= 4 is 17.8 Å². The largest absolute Gasteiger partial charge is 0.508 e. The molecule has 4 bridgehead atoms. The van der Waals surface area contributed by atoms with Crippen molar-refractivity contribution in [2.75, 3.05) is 12.3 Å². The molecule has 266 valence electrons. The van der Waals surface area contributed by atoms with Gasteiger partial charge in [-0.2, -0.15) is 4.98 Å². The van der Waals surface area contributed by atoms with Crippen LogP contribution in [0.5, 0.6) is 5.75 Å². The lowest BCUT2D eigenvalue weighted by atomic mass is 9.49. The maximum atomic E-state index is 14.5. The molecule has 2 amide bonds. The Morgan fingerprint density at radius 2 is 1.78 bits per heavy atom. The van der Waals surface area contributed by atoms with E-state index in [1.807, 2.05) is 13.8 Å². The monoisotopic (exact) mass is 675 g/mol. The third-order valence-corrected chi connectivity index (χ3v) is 11.7. The standard InChI is InChI=1S/C36H53N9O4/c1-21-11-26(46)12-22(2)27(21)16-28(36(40,33(38)48)6-4-9-45-10-8-41-34(45)39)31(47)42-29(5-3-7-37)32-43-30(44-49-32)20-35-17-23-13-24(18-35)15-25(14-23)19-35/h8,10-12,23-25,28-29,46H,3-7,9,13-20,37,40H2,1-2H3,(H2,38,48)(H2,39,41)(H,42,47)/t23?,24?,25?,28-,29+,35?,36?/m1/s1. The Bertz CT molecular complexity index is 1590. The van der Waals surface area contributed by atoms with E-state index >= 15 is 0 Å². The number of aromatic nitrogens is 4. The number of nitrogens with zero attached hydrogens (tertiary/aromatic N) is 4. The lowest BCUT2D eigenvalue weighted by molar-refractivity contribution is -0.135. The summed E-state index contributed by atoms with van der Waals surface area (Å²) in [6, 6.07) is 2.64. The number of aryl methyl sites for hydroxylation is 3. The Morgan fingerprint density at radius 1 is 1.12 bits per heavy atom. The molecule has 4 saturated carbocycles. The molecular weight excluding hydrogens is 622 g/mol. The number of amides is 2. The van der Waals surface area contributed by atoms with Crippen LogP contribution in [0.15, 0.2) is 29.0 Å². The van der Waals surface area contributed by atoms with Gasteiger partial charge in [-0.15, -0.1) is 0 Å². The highest BCUT2D eigenvalue weighted by Gasteiger charge is 2.51. The zero-order chi connectivity index (χ0) is 34.9. The number of benzene rings is 1. The van der Waals surface area contributed by atoms with Crippen molar-refractivity contribution in [1.29, 1.82) is 0 Å². The minimum Gasteiger partial charge on any atom is -0.508 e. The van der Waals surface area contributed by atoms with E-state index < -0.39 is 29.3 Å². The predicted octanol–water partition coefficient (Wildman–Crippen LogP) is 3.35. The minimum absolute atomic E-state index is 0.120. The van der Waals surface area contributed by atoms with Gasteiger partial charge in [-0.1, -0.05) is 5.16 Å². The Morgan fingerprint density at radius 3 is 2.35 bits per heavy atom. The van der Waals surface area contributed by atoms with Gasteiger partial charge in [-0.3, -0.25) is 9.59 Å². The zero-order valence-corrected chi connectivity index (χ0v) is 28.9. The van der Waals surface area contributed by atoms with E-state index in [0.29, 0.717) is 50.0 Å². The summed E-state index contributed by atoms with van der Waals surface area (Å²) >= 11 is 0. The molecule has 49 heavy (non-hydrogen) atoms. The number of hydrogen-bond acceptors (Lipinski definition) is 10. The fraction of sp³-hybridized carbons (Fsp3) is 0.639. The highest BCUT2D eigenvalue weighted by molar-refractivity contribution is 5.93. The van der Waals surface area contributed by atoms with E-state index in [1.165, 1.54) is 38.5 Å². The van der Waals surface area contributed by atoms with Crippen molar-refractivity contribution in [3.8, 4) is 5.75 Å². The molecule has 13 nitrogen and oxygen atoms in total. The molecule has 10 N–H and O–H groups in total. The quantitative estimate of drug-likeness (QED) is 0.130. The zero-order valence-electron chi connectivity index (χ0n) is 28.9. The summed E-state index contributed by atoms with van der Waals surface area (Å²) in [5.41, 5.74) is 25.7. The number of imidazole rings is 1. The summed E-state index contributed by atoms with van der Waals surface area (Å²) in [6.45, 7) is 4.57. The first kappa shape index (κ1) is 34.9. The van der Waals surface area contributed by atoms with Crippen molar-refractivity contribution in [1.82, 2.24) is 25.0 Å². The van der Waals surface area contributed by atoms with Gasteiger partial charge in [0.2, 0.25) is 17.7 Å². The SMILES string of the molecule is Cc1cc(O)cc(C)c1C[C@H](C(=O)N[C@@H](CCCN)c1nc(CC23CC4CC(CC(C4)C2)C3)no1)C(N)(CCCn1ccnc1N)C(N)=O. The number of rotatable bonds is 16. The predicted molar refractivity (Wildman–Crippen MR) is 185 cm³/mol. The number of nitrogens with two attached hydrogens (primary N) is 4. The second kappa shape index (κ2) is 14.1. The summed E-state index contributed by atoms with van der Waals surface area (Å²) in [5.74, 6) is 1.62. The van der Waals surface area contributed by atoms with Crippen LogP contribution in [-0.4, -0.2) is 48.7 Å². The molecular formula is C36H53N9O4. The van der Waals surface area contributed by atoms with Crippen LogP contribution >= 0.6 is 0 Å². The van der Waals surface area contributed by atoms with Gasteiger partial charge in [0, 0.05) is 25.4 Å². The number of anilines is 1. The van der Waals surface area contributed by atoms with Gasteiger partial charge in [-0.05, 0) is 143 Å². The molecule has 4 aliphatic rings. The number of nitrogens with one attached hydrogen (secondary N) is 1. The Kier molecular flexibility index (Phi) is 10.0. The third kappa shape index (κ3) is 7.47. The molecule has 1 unspecified atom stereocenters. The molecule has 3 aromatic rings. The van der Waals surface area contributed by atoms with Gasteiger partial charge in [0.15, 0.2) is 11.8 Å². The number of nitrogen functional groups attached to an aromatic ring is 1. The second-order valence-electron chi connectivity index (χ2n) is 15.4. The maximum absolute atomic E-state index is 14.5. The number of carbonyl (C=O) groups excluding carboxylic acids is 2. The van der Waals surface area contributed by atoms with Crippen LogP contribution in [-0.2, 0) is 29.0 Å². The highest BCUT2D eigenvalue weighted by Crippen LogP contribution is 2.60. The number of phenols is 1. The Balaban J connectivity index is 1.25. The summed E-state index contributed by atoms with van der Waals surface area (Å²) in [4.78, 5) is 36.6. The Hall–Kier alpha value is -3.97. The van der Waals surface area contributed by atoms with Gasteiger partial charge in [0.25, 0.3) is 0 Å². The molecule has 13 heteroatoms. The van der Waals surface area contributed by atoms with E-state index in [1.54, 1.807) is 29.1 Å². The van der Waals surface area contributed by atoms with E-state index in [4.69, 9.17) is 32.4 Å². The highest BCUT2D eigenvalue weighted by atomic mass is 16.5. The second-order valence-corrected chi connectivity index (χ2v) is 15.4. The number of phenolic OH excluding ortho intramolecular Hbond substituents is 1. The number of aromatic hydroxyl groups is 1. The smallest absolute Gasteiger partial charge is 0.249 e. The van der Waals surface area contributed by atoms with E-state index in [0.717, 1.165) is 40.9 Å². The van der Waals surface area contributed by atoms with Crippen molar-refractivity contribution in [3.05, 3.63) is 52.9 Å². The summed E-state index contributed by atoms with van der Waals surface area (Å²) in [7, 11) is 0. The van der Waals surface area contributed by atoms with Crippen LogP contribution in [0.1, 0.15) is 98.7 Å². The molecule has 1 aromatic carbocycles. The fourth-order valence-corrected chi connectivity index (χ4v) is 9.72. The van der Waals surface area contributed by atoms with Crippen LogP contribution in [0.25, 0.3) is 0 Å². The summed E-state index contributed by atoms with van der Waals surface area (Å²) in [6.07, 6.45) is 13.6. The van der Waals surface area contributed by atoms with Crippen molar-refractivity contribution in [2.24, 2.45) is 46.3 Å². The van der Waals surface area contributed by atoms with E-state index in [2.05, 4.69) is 15.5 Å². The van der Waals surface area contributed by atoms with Crippen LogP contribution in [0.3, 0.4) is 0 Å². The molecule has 3 atom stereocenters. The van der Waals surface area contributed by atoms with Crippen molar-refractivity contribution in [3.63, 3.8) is 0 Å². The molecule has 0 saturated heterocycles. The summed E-state index contributed by atoms with van der Waals surface area (Å²) < 4.78 is 7.60. The first-order valence-electron chi connectivity index (χ1n) is 17.9. The number of carbonyl (C=O) groups is 2. The fourth-order valence-electron chi connectivity index (χ4n) is 9.72. The van der Waals surface area contributed by atoms with Crippen LogP contribution in [0.4, 0.5) is 5.95 Å². The minimum atomic E-state index is -1.72. The van der Waals surface area contributed by atoms with E-state index in [-0.39, 0.29) is 24.0 Å². The molecule has 0 spiro atoms. The lowest BCUT2D eigenvalue weighted by Crippen LogP contribution is -2.62. The third-order valence-electron chi connectivity index (χ3n) is 11.7. The number of hydrogen-bond donors (Lipinski definition) is 6. The molecule has 2 aromatic heterocycles. The first-order valence-corrected chi connectivity index (χ1v) is 17.9. The molecule has 4 aliphatic carbocycles. The van der Waals surface area contributed by atoms with Crippen molar-refractivity contribution in [2.45, 2.75) is 109 Å². The topological polar surface area (TPSA) is 227 Å². The lowest BCUT2D eigenvalue weighted by Gasteiger charge is -2.56. The maximum Gasteiger partial charge on any atom is 0.249 e. The van der Waals surface area contributed by atoms with Crippen LogP contribution in [0.2, 0.25) is 0 Å². The van der Waals surface area contributed by atoms with Crippen molar-refractivity contribution < 1.29 is 19.2 Å². The van der Waals surface area contributed by atoms with Gasteiger partial charge >= 0.3 is 0 Å². The first-order chi connectivity index (χ1) is 23.4. The normalized spacial score (nSPS) is 25.2. The van der Waals surface area contributed by atoms with E-state index in [9.17, 15) is 14.7 Å². The molecule has 0 radical (unpaired) electrons. The average Bonchev–Trinajstić information content (AvgIpc) is 3.66. The van der Waals surface area contributed by atoms with Crippen LogP contribution < -0.4 is 28.3 Å². The molecule has 4 fully saturated rings. The number of primary amides is 1. The average molecular weight is 676 g/mol. The molecule has 2 heterocycles.